The molecule has 0 aliphatic heterocycles. The number of hydrogen-bond donors (Lipinski definition) is 1. The third-order valence-corrected chi connectivity index (χ3v) is 3.60. The quantitative estimate of drug-likeness (QED) is 0.615. The van der Waals surface area contributed by atoms with Crippen LogP contribution in [0.3, 0.4) is 0 Å². The molecule has 1 N–H and O–H groups in total. The van der Waals surface area contributed by atoms with Gasteiger partial charge in [0.2, 0.25) is 0 Å². The van der Waals surface area contributed by atoms with Crippen molar-refractivity contribution in [1.29, 1.82) is 0 Å². The summed E-state index contributed by atoms with van der Waals surface area (Å²) >= 11 is 0. The molecule has 0 atom stereocenters. The van der Waals surface area contributed by atoms with Crippen LogP contribution in [0.4, 0.5) is 0 Å². The average molecular weight is 342 g/mol. The number of rotatable bonds is 7. The molecule has 0 unspecified atom stereocenters. The molecule has 6 nitrogen and oxygen atoms in total. The summed E-state index contributed by atoms with van der Waals surface area (Å²) in [6.45, 7) is 1.50. The van der Waals surface area contributed by atoms with E-state index in [1.807, 2.05) is 30.3 Å². The van der Waals surface area contributed by atoms with Gasteiger partial charge in [0, 0.05) is 11.1 Å². The van der Waals surface area contributed by atoms with Gasteiger partial charge in [0.1, 0.15) is 12.4 Å². The van der Waals surface area contributed by atoms with Gasteiger partial charge >= 0.3 is 11.9 Å². The number of esters is 1. The molecule has 0 spiro atoms. The number of benzene rings is 2. The van der Waals surface area contributed by atoms with Crippen molar-refractivity contribution >= 4 is 17.7 Å². The summed E-state index contributed by atoms with van der Waals surface area (Å²) in [7, 11) is 1.17. The van der Waals surface area contributed by atoms with Crippen LogP contribution in [0.15, 0.2) is 42.5 Å². The van der Waals surface area contributed by atoms with Gasteiger partial charge in [-0.15, -0.1) is 0 Å². The summed E-state index contributed by atoms with van der Waals surface area (Å²) in [5, 5.41) is 9.19. The third kappa shape index (κ3) is 4.44. The monoisotopic (exact) mass is 342 g/mol. The van der Waals surface area contributed by atoms with E-state index in [1.54, 1.807) is 0 Å². The summed E-state index contributed by atoms with van der Waals surface area (Å²) in [6.07, 6.45) is -0.463. The van der Waals surface area contributed by atoms with Crippen LogP contribution in [-0.2, 0) is 22.6 Å². The first-order valence-corrected chi connectivity index (χ1v) is 7.57. The van der Waals surface area contributed by atoms with Crippen LogP contribution < -0.4 is 4.74 Å². The SMILES string of the molecule is COC(=O)c1c(C(C)=O)ccc(OCc2ccccc2)c1CC(=O)O. The van der Waals surface area contributed by atoms with Gasteiger partial charge in [-0.2, -0.15) is 0 Å². The Morgan fingerprint density at radius 2 is 1.72 bits per heavy atom. The first-order valence-electron chi connectivity index (χ1n) is 7.57. The maximum Gasteiger partial charge on any atom is 0.339 e. The number of carboxylic acids is 1. The molecule has 0 aromatic heterocycles. The number of methoxy groups -OCH3 is 1. The zero-order valence-electron chi connectivity index (χ0n) is 13.9. The van der Waals surface area contributed by atoms with Crippen molar-refractivity contribution in [1.82, 2.24) is 0 Å². The lowest BCUT2D eigenvalue weighted by molar-refractivity contribution is -0.136. The van der Waals surface area contributed by atoms with E-state index in [2.05, 4.69) is 0 Å². The Hall–Kier alpha value is -3.15. The Labute approximate surface area is 145 Å². The molecule has 25 heavy (non-hydrogen) atoms. The van der Waals surface area contributed by atoms with E-state index in [9.17, 15) is 19.5 Å². The van der Waals surface area contributed by atoms with E-state index in [1.165, 1.54) is 26.2 Å². The van der Waals surface area contributed by atoms with Gasteiger partial charge < -0.3 is 14.6 Å². The van der Waals surface area contributed by atoms with Gasteiger partial charge in [0.05, 0.1) is 19.1 Å². The van der Waals surface area contributed by atoms with Crippen LogP contribution in [-0.4, -0.2) is 29.9 Å². The fourth-order valence-electron chi connectivity index (χ4n) is 2.45. The highest BCUT2D eigenvalue weighted by molar-refractivity contribution is 6.07. The normalized spacial score (nSPS) is 10.2. The minimum Gasteiger partial charge on any atom is -0.489 e. The van der Waals surface area contributed by atoms with Crippen LogP contribution in [0, 0.1) is 0 Å². The number of ether oxygens (including phenoxy) is 2. The van der Waals surface area contributed by atoms with Crippen molar-refractivity contribution in [3.05, 3.63) is 64.7 Å². The predicted molar refractivity (Wildman–Crippen MR) is 89.9 cm³/mol. The van der Waals surface area contributed by atoms with Gasteiger partial charge in [-0.3, -0.25) is 9.59 Å². The van der Waals surface area contributed by atoms with E-state index < -0.39 is 18.4 Å². The molecule has 0 radical (unpaired) electrons. The molecular weight excluding hydrogens is 324 g/mol. The van der Waals surface area contributed by atoms with Crippen molar-refractivity contribution < 1.29 is 29.0 Å². The van der Waals surface area contributed by atoms with E-state index in [0.717, 1.165) is 5.56 Å². The van der Waals surface area contributed by atoms with E-state index >= 15 is 0 Å². The highest BCUT2D eigenvalue weighted by atomic mass is 16.5. The molecule has 0 bridgehead atoms. The van der Waals surface area contributed by atoms with Gasteiger partial charge in [-0.05, 0) is 24.6 Å². The molecule has 2 aromatic rings. The van der Waals surface area contributed by atoms with Crippen molar-refractivity contribution in [2.24, 2.45) is 0 Å². The smallest absolute Gasteiger partial charge is 0.339 e. The first-order chi connectivity index (χ1) is 11.9. The Morgan fingerprint density at radius 3 is 2.28 bits per heavy atom. The number of carboxylic acid groups (broad SMARTS) is 1. The van der Waals surface area contributed by atoms with E-state index in [-0.39, 0.29) is 34.8 Å². The Morgan fingerprint density at radius 1 is 1.04 bits per heavy atom. The van der Waals surface area contributed by atoms with Crippen LogP contribution in [0.2, 0.25) is 0 Å². The molecular formula is C19H18O6. The molecule has 0 fully saturated rings. The molecule has 130 valence electrons. The summed E-state index contributed by atoms with van der Waals surface area (Å²) in [5.74, 6) is -2.04. The highest BCUT2D eigenvalue weighted by Crippen LogP contribution is 2.28. The van der Waals surface area contributed by atoms with Crippen molar-refractivity contribution in [2.45, 2.75) is 20.0 Å². The van der Waals surface area contributed by atoms with Gasteiger partial charge in [-0.1, -0.05) is 30.3 Å². The number of Topliss-reactive ketones (excluding diaryl/α,β-unsaturated/α-hetero) is 1. The Bertz CT molecular complexity index is 795. The van der Waals surface area contributed by atoms with Crippen molar-refractivity contribution in [3.8, 4) is 5.75 Å². The Balaban J connectivity index is 2.49. The lowest BCUT2D eigenvalue weighted by Gasteiger charge is -2.16. The van der Waals surface area contributed by atoms with Crippen molar-refractivity contribution in [3.63, 3.8) is 0 Å². The Kier molecular flexibility index (Phi) is 5.89. The summed E-state index contributed by atoms with van der Waals surface area (Å²) < 4.78 is 10.4. The average Bonchev–Trinajstić information content (AvgIpc) is 2.59. The fraction of sp³-hybridized carbons (Fsp3) is 0.211. The number of ketones is 1. The second kappa shape index (κ2) is 8.10. The summed E-state index contributed by atoms with van der Waals surface area (Å²) in [6, 6.07) is 12.3. The minimum atomic E-state index is -1.14. The second-order valence-electron chi connectivity index (χ2n) is 5.36. The molecule has 0 aliphatic carbocycles. The topological polar surface area (TPSA) is 89.9 Å². The van der Waals surface area contributed by atoms with Crippen molar-refractivity contribution in [2.75, 3.05) is 7.11 Å². The predicted octanol–water partition coefficient (Wildman–Crippen LogP) is 2.88. The standard InChI is InChI=1S/C19H18O6/c1-12(20)14-8-9-16(25-11-13-6-4-3-5-7-13)15(10-17(21)22)18(14)19(23)24-2/h3-9H,10-11H2,1-2H3,(H,21,22). The molecule has 0 saturated heterocycles. The largest absolute Gasteiger partial charge is 0.489 e. The maximum absolute atomic E-state index is 12.1. The molecule has 0 aliphatic rings. The van der Waals surface area contributed by atoms with E-state index in [0.29, 0.717) is 0 Å². The van der Waals surface area contributed by atoms with E-state index in [4.69, 9.17) is 9.47 Å². The van der Waals surface area contributed by atoms with Gasteiger partial charge in [0.15, 0.2) is 5.78 Å². The van der Waals surface area contributed by atoms with Crippen LogP contribution in [0.5, 0.6) is 5.75 Å². The van der Waals surface area contributed by atoms with Crippen LogP contribution >= 0.6 is 0 Å². The molecule has 6 heteroatoms. The molecule has 0 heterocycles. The van der Waals surface area contributed by atoms with Crippen LogP contribution in [0.1, 0.15) is 38.8 Å². The summed E-state index contributed by atoms with van der Waals surface area (Å²) in [5.41, 5.74) is 1.06. The van der Waals surface area contributed by atoms with Gasteiger partial charge in [0.25, 0.3) is 0 Å². The zero-order chi connectivity index (χ0) is 18.4. The van der Waals surface area contributed by atoms with Gasteiger partial charge in [-0.25, -0.2) is 4.79 Å². The first kappa shape index (κ1) is 18.2. The lowest BCUT2D eigenvalue weighted by atomic mass is 9.95. The number of carbonyl (C=O) groups is 3. The second-order valence-corrected chi connectivity index (χ2v) is 5.36. The molecule has 2 aromatic carbocycles. The highest BCUT2D eigenvalue weighted by Gasteiger charge is 2.24. The maximum atomic E-state index is 12.1. The minimum absolute atomic E-state index is 0.0667. The molecule has 2 rings (SSSR count). The lowest BCUT2D eigenvalue weighted by Crippen LogP contribution is -2.16. The molecule has 0 saturated carbocycles. The molecule has 0 amide bonds. The third-order valence-electron chi connectivity index (χ3n) is 3.60. The zero-order valence-corrected chi connectivity index (χ0v) is 13.9. The number of carbonyl (C=O) groups excluding carboxylic acids is 2. The number of hydrogen-bond acceptors (Lipinski definition) is 5. The fourth-order valence-corrected chi connectivity index (χ4v) is 2.45. The summed E-state index contributed by atoms with van der Waals surface area (Å²) in [4.78, 5) is 35.2. The van der Waals surface area contributed by atoms with Crippen LogP contribution in [0.25, 0.3) is 0 Å². The number of aliphatic carboxylic acids is 1.